The average Bonchev–Trinajstić information content (AvgIpc) is 2.95. The highest BCUT2D eigenvalue weighted by Gasteiger charge is 2.29. The molecular formula is C32H41N3O5S. The van der Waals surface area contributed by atoms with Crippen LogP contribution in [0.2, 0.25) is 0 Å². The van der Waals surface area contributed by atoms with Crippen molar-refractivity contribution in [3.05, 3.63) is 77.4 Å². The van der Waals surface area contributed by atoms with Crippen LogP contribution >= 0.6 is 0 Å². The van der Waals surface area contributed by atoms with Gasteiger partial charge in [-0.3, -0.25) is 9.10 Å². The number of carbonyl (C=O) groups excluding carboxylic acids is 1. The van der Waals surface area contributed by atoms with Gasteiger partial charge >= 0.3 is 0 Å². The maximum atomic E-state index is 14.0. The van der Waals surface area contributed by atoms with Gasteiger partial charge in [0.2, 0.25) is 5.91 Å². The largest absolute Gasteiger partial charge is 0.493 e. The number of sulfonamides is 1. The Hall–Kier alpha value is -3.72. The second kappa shape index (κ2) is 12.9. The molecule has 1 N–H and O–H groups in total. The highest BCUT2D eigenvalue weighted by atomic mass is 32.2. The highest BCUT2D eigenvalue weighted by Crippen LogP contribution is 2.33. The van der Waals surface area contributed by atoms with Gasteiger partial charge in [-0.25, -0.2) is 8.42 Å². The highest BCUT2D eigenvalue weighted by molar-refractivity contribution is 7.92. The van der Waals surface area contributed by atoms with E-state index in [-0.39, 0.29) is 23.2 Å². The first-order valence-electron chi connectivity index (χ1n) is 14.0. The summed E-state index contributed by atoms with van der Waals surface area (Å²) in [6, 6.07) is 17.9. The van der Waals surface area contributed by atoms with E-state index < -0.39 is 15.9 Å². The van der Waals surface area contributed by atoms with Crippen LogP contribution < -0.4 is 24.0 Å². The van der Waals surface area contributed by atoms with Crippen LogP contribution in [0.25, 0.3) is 0 Å². The molecular weight excluding hydrogens is 538 g/mol. The SMILES string of the molecule is COc1ccc(S(=O)(=O)N(CC(=O)NC(C)c2ccc(N3CCCC(C)C3)cc2)c2cc(C)cc(C)c2)cc1OC. The first kappa shape index (κ1) is 30.2. The number of hydrogen-bond donors (Lipinski definition) is 1. The molecule has 9 heteroatoms. The van der Waals surface area contributed by atoms with Crippen molar-refractivity contribution in [3.63, 3.8) is 0 Å². The Morgan fingerprint density at radius 2 is 1.66 bits per heavy atom. The molecule has 3 aromatic rings. The Morgan fingerprint density at radius 3 is 2.27 bits per heavy atom. The summed E-state index contributed by atoms with van der Waals surface area (Å²) >= 11 is 0. The molecule has 0 aliphatic carbocycles. The molecule has 1 saturated heterocycles. The van der Waals surface area contributed by atoms with E-state index in [0.29, 0.717) is 17.4 Å². The molecule has 0 spiro atoms. The summed E-state index contributed by atoms with van der Waals surface area (Å²) in [7, 11) is -1.20. The number of nitrogens with zero attached hydrogens (tertiary/aromatic N) is 2. The van der Waals surface area contributed by atoms with Gasteiger partial charge in [-0.15, -0.1) is 0 Å². The molecule has 41 heavy (non-hydrogen) atoms. The Kier molecular flexibility index (Phi) is 9.48. The van der Waals surface area contributed by atoms with Crippen LogP contribution in [0.15, 0.2) is 65.6 Å². The fourth-order valence-electron chi connectivity index (χ4n) is 5.41. The first-order valence-corrected chi connectivity index (χ1v) is 15.4. The van der Waals surface area contributed by atoms with Gasteiger partial charge in [-0.2, -0.15) is 0 Å². The number of piperidine rings is 1. The van der Waals surface area contributed by atoms with Crippen molar-refractivity contribution in [2.24, 2.45) is 5.92 Å². The van der Waals surface area contributed by atoms with Gasteiger partial charge in [0.1, 0.15) is 6.54 Å². The lowest BCUT2D eigenvalue weighted by molar-refractivity contribution is -0.120. The van der Waals surface area contributed by atoms with Gasteiger partial charge in [0.05, 0.1) is 30.8 Å². The van der Waals surface area contributed by atoms with Crippen LogP contribution in [0, 0.1) is 19.8 Å². The third-order valence-electron chi connectivity index (χ3n) is 7.52. The zero-order valence-corrected chi connectivity index (χ0v) is 25.6. The van der Waals surface area contributed by atoms with Crippen molar-refractivity contribution in [1.82, 2.24) is 5.32 Å². The Labute approximate surface area is 244 Å². The smallest absolute Gasteiger partial charge is 0.264 e. The standard InChI is InChI=1S/C32H41N3O5S/c1-22-8-7-15-34(20-22)27-11-9-26(10-12-27)25(4)33-32(36)21-35(28-17-23(2)16-24(3)18-28)41(37,38)29-13-14-30(39-5)31(19-29)40-6/h9-14,16-19,22,25H,7-8,15,20-21H2,1-6H3,(H,33,36). The quantitative estimate of drug-likeness (QED) is 0.335. The van der Waals surface area contributed by atoms with E-state index in [9.17, 15) is 13.2 Å². The van der Waals surface area contributed by atoms with Crippen LogP contribution in [0.5, 0.6) is 11.5 Å². The minimum absolute atomic E-state index is 0.00206. The molecule has 0 aromatic heterocycles. The van der Waals surface area contributed by atoms with Crippen LogP contribution in [0.3, 0.4) is 0 Å². The summed E-state index contributed by atoms with van der Waals surface area (Å²) in [5, 5.41) is 2.99. The monoisotopic (exact) mass is 579 g/mol. The molecule has 1 heterocycles. The number of hydrogen-bond acceptors (Lipinski definition) is 6. The van der Waals surface area contributed by atoms with Gasteiger partial charge in [0.25, 0.3) is 10.0 Å². The van der Waals surface area contributed by atoms with Crippen molar-refractivity contribution in [2.45, 2.75) is 51.5 Å². The molecule has 220 valence electrons. The predicted molar refractivity (Wildman–Crippen MR) is 164 cm³/mol. The minimum Gasteiger partial charge on any atom is -0.493 e. The molecule has 2 unspecified atom stereocenters. The number of nitrogens with one attached hydrogen (secondary N) is 1. The topological polar surface area (TPSA) is 88.2 Å². The number of rotatable bonds is 10. The maximum Gasteiger partial charge on any atom is 0.264 e. The number of ether oxygens (including phenoxy) is 2. The second-order valence-corrected chi connectivity index (χ2v) is 12.8. The number of carbonyl (C=O) groups is 1. The van der Waals surface area contributed by atoms with Crippen LogP contribution in [0.1, 0.15) is 49.4 Å². The maximum absolute atomic E-state index is 14.0. The summed E-state index contributed by atoms with van der Waals surface area (Å²) in [5.41, 5.74) is 4.34. The zero-order valence-electron chi connectivity index (χ0n) is 24.8. The molecule has 1 aliphatic rings. The lowest BCUT2D eigenvalue weighted by Crippen LogP contribution is -2.41. The third kappa shape index (κ3) is 7.14. The molecule has 1 amide bonds. The fraction of sp³-hybridized carbons (Fsp3) is 0.406. The fourth-order valence-corrected chi connectivity index (χ4v) is 6.83. The van der Waals surface area contributed by atoms with E-state index in [0.717, 1.165) is 34.1 Å². The van der Waals surface area contributed by atoms with Gasteiger partial charge in [-0.05, 0) is 92.6 Å². The summed E-state index contributed by atoms with van der Waals surface area (Å²) in [6.45, 7) is 9.70. The summed E-state index contributed by atoms with van der Waals surface area (Å²) in [5.74, 6) is 0.970. The zero-order chi connectivity index (χ0) is 29.7. The molecule has 1 fully saturated rings. The number of methoxy groups -OCH3 is 2. The van der Waals surface area contributed by atoms with Gasteiger partial charge < -0.3 is 19.7 Å². The molecule has 0 saturated carbocycles. The summed E-state index contributed by atoms with van der Waals surface area (Å²) in [4.78, 5) is 15.8. The van der Waals surface area contributed by atoms with Crippen molar-refractivity contribution < 1.29 is 22.7 Å². The second-order valence-electron chi connectivity index (χ2n) is 10.9. The molecule has 0 radical (unpaired) electrons. The van der Waals surface area contributed by atoms with E-state index in [1.165, 1.54) is 44.9 Å². The van der Waals surface area contributed by atoms with E-state index in [2.05, 4.69) is 29.3 Å². The van der Waals surface area contributed by atoms with Crippen molar-refractivity contribution >= 4 is 27.3 Å². The summed E-state index contributed by atoms with van der Waals surface area (Å²) in [6.07, 6.45) is 2.46. The molecule has 4 rings (SSSR count). The van der Waals surface area contributed by atoms with E-state index in [4.69, 9.17) is 9.47 Å². The third-order valence-corrected chi connectivity index (χ3v) is 9.29. The van der Waals surface area contributed by atoms with Crippen molar-refractivity contribution in [3.8, 4) is 11.5 Å². The molecule has 0 bridgehead atoms. The van der Waals surface area contributed by atoms with Gasteiger partial charge in [0, 0.05) is 24.8 Å². The average molecular weight is 580 g/mol. The Morgan fingerprint density at radius 1 is 1.00 bits per heavy atom. The van der Waals surface area contributed by atoms with Crippen molar-refractivity contribution in [2.75, 3.05) is 43.1 Å². The van der Waals surface area contributed by atoms with Gasteiger partial charge in [0.15, 0.2) is 11.5 Å². The minimum atomic E-state index is -4.13. The van der Waals surface area contributed by atoms with E-state index in [1.807, 2.05) is 39.0 Å². The van der Waals surface area contributed by atoms with Crippen molar-refractivity contribution in [1.29, 1.82) is 0 Å². The Balaban J connectivity index is 1.56. The number of benzene rings is 3. The van der Waals surface area contributed by atoms with E-state index in [1.54, 1.807) is 18.2 Å². The van der Waals surface area contributed by atoms with E-state index >= 15 is 0 Å². The number of aryl methyl sites for hydroxylation is 2. The Bertz CT molecular complexity index is 1450. The number of amides is 1. The van der Waals surface area contributed by atoms with Crippen LogP contribution in [-0.4, -0.2) is 48.2 Å². The lowest BCUT2D eigenvalue weighted by atomic mass is 9.99. The predicted octanol–water partition coefficient (Wildman–Crippen LogP) is 5.63. The first-order chi connectivity index (χ1) is 19.5. The number of anilines is 2. The normalized spacial score (nSPS) is 16.1. The van der Waals surface area contributed by atoms with Crippen LogP contribution in [-0.2, 0) is 14.8 Å². The summed E-state index contributed by atoms with van der Waals surface area (Å²) < 4.78 is 39.7. The lowest BCUT2D eigenvalue weighted by Gasteiger charge is -2.33. The molecule has 2 atom stereocenters. The van der Waals surface area contributed by atoms with Crippen LogP contribution in [0.4, 0.5) is 11.4 Å². The molecule has 3 aromatic carbocycles. The molecule has 1 aliphatic heterocycles. The van der Waals surface area contributed by atoms with Gasteiger partial charge in [-0.1, -0.05) is 25.1 Å². The molecule has 8 nitrogen and oxygen atoms in total.